The minimum Gasteiger partial charge on any atom is -0.496 e. The minimum absolute atomic E-state index is 0.0466. The zero-order valence-electron chi connectivity index (χ0n) is 15.7. The van der Waals surface area contributed by atoms with Crippen LogP contribution in [0.1, 0.15) is 12.8 Å². The SMILES string of the molecule is COc1ccccc1-c1ccc2[nH]nc(NC(=O)C3CCN(C)CC3)c2c1. The summed E-state index contributed by atoms with van der Waals surface area (Å²) in [5.41, 5.74) is 2.93. The lowest BCUT2D eigenvalue weighted by atomic mass is 9.96. The molecule has 2 N–H and O–H groups in total. The number of methoxy groups -OCH3 is 1. The summed E-state index contributed by atoms with van der Waals surface area (Å²) in [6, 6.07) is 14.0. The number of hydrogen-bond acceptors (Lipinski definition) is 4. The number of fused-ring (bicyclic) bond motifs is 1. The van der Waals surface area contributed by atoms with Gasteiger partial charge in [0.2, 0.25) is 5.91 Å². The molecule has 4 rings (SSSR count). The van der Waals surface area contributed by atoms with Gasteiger partial charge in [-0.05, 0) is 56.7 Å². The number of rotatable bonds is 4. The topological polar surface area (TPSA) is 70.2 Å². The molecule has 0 atom stereocenters. The maximum atomic E-state index is 12.7. The number of ether oxygens (including phenoxy) is 1. The van der Waals surface area contributed by atoms with Crippen LogP contribution in [0.2, 0.25) is 0 Å². The van der Waals surface area contributed by atoms with Gasteiger partial charge in [-0.15, -0.1) is 0 Å². The largest absolute Gasteiger partial charge is 0.496 e. The molecule has 0 radical (unpaired) electrons. The molecule has 0 aliphatic carbocycles. The molecule has 1 amide bonds. The van der Waals surface area contributed by atoms with Crippen LogP contribution < -0.4 is 10.1 Å². The summed E-state index contributed by atoms with van der Waals surface area (Å²) in [6.07, 6.45) is 1.77. The van der Waals surface area contributed by atoms with Crippen LogP contribution in [-0.4, -0.2) is 48.3 Å². The van der Waals surface area contributed by atoms with Crippen molar-refractivity contribution in [3.05, 3.63) is 42.5 Å². The van der Waals surface area contributed by atoms with Crippen molar-refractivity contribution in [3.8, 4) is 16.9 Å². The highest BCUT2D eigenvalue weighted by Gasteiger charge is 2.24. The van der Waals surface area contributed by atoms with E-state index in [4.69, 9.17) is 4.74 Å². The van der Waals surface area contributed by atoms with Gasteiger partial charge in [-0.1, -0.05) is 24.3 Å². The molecule has 0 saturated carbocycles. The molecule has 6 nitrogen and oxygen atoms in total. The maximum Gasteiger partial charge on any atom is 0.228 e. The lowest BCUT2D eigenvalue weighted by molar-refractivity contribution is -0.121. The number of piperidine rings is 1. The predicted molar refractivity (Wildman–Crippen MR) is 107 cm³/mol. The number of anilines is 1. The molecule has 1 aromatic heterocycles. The number of carbonyl (C=O) groups excluding carboxylic acids is 1. The van der Waals surface area contributed by atoms with Gasteiger partial charge in [-0.25, -0.2) is 0 Å². The number of nitrogens with zero attached hydrogens (tertiary/aromatic N) is 2. The summed E-state index contributed by atoms with van der Waals surface area (Å²) in [5, 5.41) is 11.3. The average molecular weight is 364 g/mol. The Kier molecular flexibility index (Phi) is 4.81. The summed E-state index contributed by atoms with van der Waals surface area (Å²) in [6.45, 7) is 1.91. The van der Waals surface area contributed by atoms with Gasteiger partial charge < -0.3 is 15.0 Å². The Bertz CT molecular complexity index is 958. The van der Waals surface area contributed by atoms with E-state index >= 15 is 0 Å². The fraction of sp³-hybridized carbons (Fsp3) is 0.333. The van der Waals surface area contributed by atoms with E-state index in [1.165, 1.54) is 0 Å². The van der Waals surface area contributed by atoms with Gasteiger partial charge in [0.1, 0.15) is 5.75 Å². The Morgan fingerprint density at radius 2 is 2.00 bits per heavy atom. The van der Waals surface area contributed by atoms with Crippen LogP contribution in [0.4, 0.5) is 5.82 Å². The van der Waals surface area contributed by atoms with E-state index in [9.17, 15) is 4.79 Å². The van der Waals surface area contributed by atoms with Gasteiger partial charge in [0.05, 0.1) is 12.6 Å². The Labute approximate surface area is 158 Å². The van der Waals surface area contributed by atoms with Crippen molar-refractivity contribution >= 4 is 22.6 Å². The molecule has 140 valence electrons. The van der Waals surface area contributed by atoms with E-state index in [2.05, 4.69) is 27.5 Å². The lowest BCUT2D eigenvalue weighted by Crippen LogP contribution is -2.36. The van der Waals surface area contributed by atoms with Crippen molar-refractivity contribution in [3.63, 3.8) is 0 Å². The van der Waals surface area contributed by atoms with Crippen LogP contribution >= 0.6 is 0 Å². The monoisotopic (exact) mass is 364 g/mol. The maximum absolute atomic E-state index is 12.7. The van der Waals surface area contributed by atoms with Crippen LogP contribution in [0.5, 0.6) is 5.75 Å². The van der Waals surface area contributed by atoms with E-state index in [0.717, 1.165) is 53.7 Å². The molecular weight excluding hydrogens is 340 g/mol. The van der Waals surface area contributed by atoms with E-state index in [1.807, 2.05) is 42.5 Å². The molecule has 1 aliphatic heterocycles. The van der Waals surface area contributed by atoms with Crippen molar-refractivity contribution in [2.24, 2.45) is 5.92 Å². The fourth-order valence-electron chi connectivity index (χ4n) is 3.65. The first-order valence-corrected chi connectivity index (χ1v) is 9.26. The van der Waals surface area contributed by atoms with Crippen molar-refractivity contribution < 1.29 is 9.53 Å². The fourth-order valence-corrected chi connectivity index (χ4v) is 3.65. The van der Waals surface area contributed by atoms with E-state index in [1.54, 1.807) is 7.11 Å². The van der Waals surface area contributed by atoms with Crippen molar-refractivity contribution in [2.75, 3.05) is 32.6 Å². The Morgan fingerprint density at radius 3 is 2.78 bits per heavy atom. The second kappa shape index (κ2) is 7.40. The molecule has 0 bridgehead atoms. The van der Waals surface area contributed by atoms with Crippen LogP contribution in [0.15, 0.2) is 42.5 Å². The summed E-state index contributed by atoms with van der Waals surface area (Å²) in [5.74, 6) is 1.51. The number of H-pyrrole nitrogens is 1. The van der Waals surface area contributed by atoms with Gasteiger partial charge in [-0.3, -0.25) is 9.89 Å². The number of amides is 1. The third-order valence-electron chi connectivity index (χ3n) is 5.31. The number of likely N-dealkylation sites (tertiary alicyclic amines) is 1. The number of para-hydroxylation sites is 1. The van der Waals surface area contributed by atoms with Crippen LogP contribution in [0.25, 0.3) is 22.0 Å². The van der Waals surface area contributed by atoms with Gasteiger partial charge in [0.25, 0.3) is 0 Å². The molecule has 1 saturated heterocycles. The third-order valence-corrected chi connectivity index (χ3v) is 5.31. The summed E-state index contributed by atoms with van der Waals surface area (Å²) in [7, 11) is 3.76. The van der Waals surface area contributed by atoms with E-state index in [-0.39, 0.29) is 11.8 Å². The molecule has 0 spiro atoms. The first-order chi connectivity index (χ1) is 13.2. The first kappa shape index (κ1) is 17.5. The van der Waals surface area contributed by atoms with Gasteiger partial charge in [-0.2, -0.15) is 5.10 Å². The number of hydrogen-bond donors (Lipinski definition) is 2. The van der Waals surface area contributed by atoms with Crippen molar-refractivity contribution in [1.29, 1.82) is 0 Å². The number of aromatic nitrogens is 2. The van der Waals surface area contributed by atoms with Crippen LogP contribution in [-0.2, 0) is 4.79 Å². The quantitative estimate of drug-likeness (QED) is 0.743. The zero-order chi connectivity index (χ0) is 18.8. The van der Waals surface area contributed by atoms with Crippen molar-refractivity contribution in [1.82, 2.24) is 15.1 Å². The average Bonchev–Trinajstić information content (AvgIpc) is 3.10. The molecule has 0 unspecified atom stereocenters. The number of nitrogens with one attached hydrogen (secondary N) is 2. The summed E-state index contributed by atoms with van der Waals surface area (Å²) in [4.78, 5) is 14.9. The molecule has 6 heteroatoms. The van der Waals surface area contributed by atoms with Crippen molar-refractivity contribution in [2.45, 2.75) is 12.8 Å². The highest BCUT2D eigenvalue weighted by atomic mass is 16.5. The second-order valence-corrected chi connectivity index (χ2v) is 7.10. The number of carbonyl (C=O) groups is 1. The Morgan fingerprint density at radius 1 is 1.22 bits per heavy atom. The standard InChI is InChI=1S/C21H24N4O2/c1-25-11-9-14(10-12-25)21(26)22-20-17-13-15(7-8-18(17)23-24-20)16-5-3-4-6-19(16)27-2/h3-8,13-14H,9-12H2,1-2H3,(H2,22,23,24,26). The molecule has 1 aliphatic rings. The highest BCUT2D eigenvalue weighted by Crippen LogP contribution is 2.33. The molecule has 2 heterocycles. The van der Waals surface area contributed by atoms with E-state index in [0.29, 0.717) is 5.82 Å². The van der Waals surface area contributed by atoms with Crippen LogP contribution in [0, 0.1) is 5.92 Å². The summed E-state index contributed by atoms with van der Waals surface area (Å²) >= 11 is 0. The molecule has 3 aromatic rings. The minimum atomic E-state index is 0.0466. The lowest BCUT2D eigenvalue weighted by Gasteiger charge is -2.27. The van der Waals surface area contributed by atoms with Gasteiger partial charge in [0, 0.05) is 16.9 Å². The zero-order valence-corrected chi connectivity index (χ0v) is 15.7. The molecular formula is C21H24N4O2. The van der Waals surface area contributed by atoms with Gasteiger partial charge in [0.15, 0.2) is 5.82 Å². The van der Waals surface area contributed by atoms with Crippen LogP contribution in [0.3, 0.4) is 0 Å². The predicted octanol–water partition coefficient (Wildman–Crippen LogP) is 3.52. The van der Waals surface area contributed by atoms with Gasteiger partial charge >= 0.3 is 0 Å². The summed E-state index contributed by atoms with van der Waals surface area (Å²) < 4.78 is 5.48. The first-order valence-electron chi connectivity index (χ1n) is 9.26. The highest BCUT2D eigenvalue weighted by molar-refractivity contribution is 6.01. The van der Waals surface area contributed by atoms with E-state index < -0.39 is 0 Å². The Balaban J connectivity index is 1.62. The smallest absolute Gasteiger partial charge is 0.228 e. The number of benzene rings is 2. The normalized spacial score (nSPS) is 15.8. The molecule has 1 fully saturated rings. The second-order valence-electron chi connectivity index (χ2n) is 7.10. The Hall–Kier alpha value is -2.86. The third kappa shape index (κ3) is 3.53. The number of aromatic amines is 1. The molecule has 27 heavy (non-hydrogen) atoms. The molecule has 2 aromatic carbocycles.